The minimum absolute atomic E-state index is 0.196. The summed E-state index contributed by atoms with van der Waals surface area (Å²) < 4.78 is 0. The lowest BCUT2D eigenvalue weighted by Crippen LogP contribution is -2.52. The van der Waals surface area contributed by atoms with Crippen molar-refractivity contribution in [2.24, 2.45) is 0 Å². The first-order chi connectivity index (χ1) is 6.75. The molecule has 0 aromatic heterocycles. The van der Waals surface area contributed by atoms with E-state index < -0.39 is 0 Å². The van der Waals surface area contributed by atoms with Gasteiger partial charge in [-0.3, -0.25) is 9.69 Å². The van der Waals surface area contributed by atoms with Crippen molar-refractivity contribution in [3.05, 3.63) is 0 Å². The minimum atomic E-state index is 0.196. The Morgan fingerprint density at radius 3 is 3.00 bits per heavy atom. The van der Waals surface area contributed by atoms with Crippen LogP contribution >= 0.6 is 0 Å². The van der Waals surface area contributed by atoms with Crippen LogP contribution in [0.15, 0.2) is 0 Å². The van der Waals surface area contributed by atoms with Crippen LogP contribution in [0, 0.1) is 0 Å². The molecule has 2 N–H and O–H groups in total. The first-order valence-electron chi connectivity index (χ1n) is 5.50. The Morgan fingerprint density at radius 1 is 1.57 bits per heavy atom. The maximum atomic E-state index is 11.5. The lowest BCUT2D eigenvalue weighted by Gasteiger charge is -2.33. The van der Waals surface area contributed by atoms with Gasteiger partial charge in [-0.15, -0.1) is 0 Å². The van der Waals surface area contributed by atoms with Gasteiger partial charge in [-0.2, -0.15) is 0 Å². The van der Waals surface area contributed by atoms with Crippen molar-refractivity contribution in [1.29, 1.82) is 0 Å². The summed E-state index contributed by atoms with van der Waals surface area (Å²) in [6.45, 7) is 5.72. The molecular weight excluding hydrogens is 178 g/mol. The van der Waals surface area contributed by atoms with E-state index in [1.807, 2.05) is 0 Å². The molecule has 1 atom stereocenters. The van der Waals surface area contributed by atoms with E-state index in [4.69, 9.17) is 0 Å². The molecule has 4 nitrogen and oxygen atoms in total. The minimum Gasteiger partial charge on any atom is -0.352 e. The molecule has 1 heterocycles. The van der Waals surface area contributed by atoms with Crippen molar-refractivity contribution in [2.75, 3.05) is 26.2 Å². The summed E-state index contributed by atoms with van der Waals surface area (Å²) in [5.41, 5.74) is 0. The van der Waals surface area contributed by atoms with Gasteiger partial charge in [0.1, 0.15) is 0 Å². The molecule has 14 heavy (non-hydrogen) atoms. The molecule has 2 fully saturated rings. The number of nitrogens with one attached hydrogen (secondary N) is 2. The smallest absolute Gasteiger partial charge is 0.234 e. The fourth-order valence-corrected chi connectivity index (χ4v) is 1.80. The van der Waals surface area contributed by atoms with Gasteiger partial charge >= 0.3 is 0 Å². The van der Waals surface area contributed by atoms with Gasteiger partial charge in [-0.25, -0.2) is 0 Å². The monoisotopic (exact) mass is 197 g/mol. The third kappa shape index (κ3) is 2.69. The first kappa shape index (κ1) is 9.93. The Balaban J connectivity index is 1.73. The van der Waals surface area contributed by atoms with Crippen molar-refractivity contribution >= 4 is 5.91 Å². The molecule has 1 saturated carbocycles. The van der Waals surface area contributed by atoms with Crippen LogP contribution in [0.3, 0.4) is 0 Å². The summed E-state index contributed by atoms with van der Waals surface area (Å²) in [6, 6.07) is 0.967. The number of rotatable bonds is 3. The first-order valence-corrected chi connectivity index (χ1v) is 5.50. The van der Waals surface area contributed by atoms with Crippen molar-refractivity contribution in [3.8, 4) is 0 Å². The van der Waals surface area contributed by atoms with Crippen LogP contribution < -0.4 is 10.6 Å². The molecule has 0 unspecified atom stereocenters. The van der Waals surface area contributed by atoms with E-state index in [0.717, 1.165) is 19.6 Å². The van der Waals surface area contributed by atoms with E-state index >= 15 is 0 Å². The molecule has 80 valence electrons. The Hall–Kier alpha value is -0.610. The predicted molar refractivity (Wildman–Crippen MR) is 55.1 cm³/mol. The van der Waals surface area contributed by atoms with Crippen molar-refractivity contribution < 1.29 is 4.79 Å². The highest BCUT2D eigenvalue weighted by Gasteiger charge is 2.25. The highest BCUT2D eigenvalue weighted by molar-refractivity contribution is 5.78. The Labute approximate surface area is 85.0 Å². The van der Waals surface area contributed by atoms with Gasteiger partial charge in [0.2, 0.25) is 5.91 Å². The molecule has 1 aliphatic heterocycles. The molecule has 0 aromatic carbocycles. The number of amides is 1. The molecule has 1 amide bonds. The average Bonchev–Trinajstić information content (AvgIpc) is 2.93. The second-order valence-corrected chi connectivity index (χ2v) is 4.37. The largest absolute Gasteiger partial charge is 0.352 e. The maximum Gasteiger partial charge on any atom is 0.234 e. The number of hydrogen-bond acceptors (Lipinski definition) is 3. The van der Waals surface area contributed by atoms with Crippen molar-refractivity contribution in [1.82, 2.24) is 15.5 Å². The lowest BCUT2D eigenvalue weighted by molar-refractivity contribution is -0.123. The number of nitrogens with zero attached hydrogens (tertiary/aromatic N) is 1. The lowest BCUT2D eigenvalue weighted by atomic mass is 10.2. The summed E-state index contributed by atoms with van der Waals surface area (Å²) in [5.74, 6) is 0.196. The molecule has 4 heteroatoms. The van der Waals surface area contributed by atoms with Gasteiger partial charge < -0.3 is 10.6 Å². The molecule has 2 aliphatic rings. The van der Waals surface area contributed by atoms with E-state index in [1.54, 1.807) is 0 Å². The second kappa shape index (κ2) is 4.28. The number of carbonyl (C=O) groups excluding carboxylic acids is 1. The van der Waals surface area contributed by atoms with Crippen LogP contribution in [0.25, 0.3) is 0 Å². The van der Waals surface area contributed by atoms with Crippen LogP contribution in [-0.2, 0) is 4.79 Å². The number of piperazine rings is 1. The highest BCUT2D eigenvalue weighted by Crippen LogP contribution is 2.18. The highest BCUT2D eigenvalue weighted by atomic mass is 16.2. The molecule has 0 bridgehead atoms. The second-order valence-electron chi connectivity index (χ2n) is 4.37. The third-order valence-electron chi connectivity index (χ3n) is 2.93. The average molecular weight is 197 g/mol. The van der Waals surface area contributed by atoms with Gasteiger partial charge in [-0.05, 0) is 19.8 Å². The molecular formula is C10H19N3O. The summed E-state index contributed by atoms with van der Waals surface area (Å²) in [4.78, 5) is 13.8. The van der Waals surface area contributed by atoms with E-state index in [0.29, 0.717) is 18.6 Å². The number of carbonyl (C=O) groups is 1. The van der Waals surface area contributed by atoms with E-state index in [-0.39, 0.29) is 5.91 Å². The quantitative estimate of drug-likeness (QED) is 0.644. The number of hydrogen-bond donors (Lipinski definition) is 2. The summed E-state index contributed by atoms with van der Waals surface area (Å²) in [5, 5.41) is 6.34. The van der Waals surface area contributed by atoms with Crippen LogP contribution in [0.2, 0.25) is 0 Å². The van der Waals surface area contributed by atoms with Gasteiger partial charge in [0.05, 0.1) is 6.54 Å². The molecule has 0 spiro atoms. The van der Waals surface area contributed by atoms with Crippen molar-refractivity contribution in [2.45, 2.75) is 31.8 Å². The fourth-order valence-electron chi connectivity index (χ4n) is 1.80. The van der Waals surface area contributed by atoms with Crippen LogP contribution in [0.4, 0.5) is 0 Å². The van der Waals surface area contributed by atoms with Crippen LogP contribution in [0.1, 0.15) is 19.8 Å². The standard InChI is InChI=1S/C10H19N3O/c1-8-6-11-4-5-13(8)7-10(14)12-9-2-3-9/h8-9,11H,2-7H2,1H3,(H,12,14)/t8-/m1/s1. The predicted octanol–water partition coefficient (Wildman–Crippen LogP) is -0.441. The van der Waals surface area contributed by atoms with Gasteiger partial charge in [0, 0.05) is 31.7 Å². The maximum absolute atomic E-state index is 11.5. The fraction of sp³-hybridized carbons (Fsp3) is 0.900. The van der Waals surface area contributed by atoms with Gasteiger partial charge in [-0.1, -0.05) is 0 Å². The van der Waals surface area contributed by atoms with E-state index in [2.05, 4.69) is 22.5 Å². The molecule has 2 rings (SSSR count). The Bertz CT molecular complexity index is 215. The zero-order valence-electron chi connectivity index (χ0n) is 8.75. The Morgan fingerprint density at radius 2 is 2.36 bits per heavy atom. The molecule has 1 aliphatic carbocycles. The summed E-state index contributed by atoms with van der Waals surface area (Å²) >= 11 is 0. The normalized spacial score (nSPS) is 28.8. The summed E-state index contributed by atoms with van der Waals surface area (Å²) in [7, 11) is 0. The van der Waals surface area contributed by atoms with Gasteiger partial charge in [0.15, 0.2) is 0 Å². The van der Waals surface area contributed by atoms with E-state index in [1.165, 1.54) is 12.8 Å². The zero-order chi connectivity index (χ0) is 9.97. The topological polar surface area (TPSA) is 44.4 Å². The van der Waals surface area contributed by atoms with Crippen LogP contribution in [-0.4, -0.2) is 49.1 Å². The Kier molecular flexibility index (Phi) is 3.03. The summed E-state index contributed by atoms with van der Waals surface area (Å²) in [6.07, 6.45) is 2.34. The van der Waals surface area contributed by atoms with Gasteiger partial charge in [0.25, 0.3) is 0 Å². The van der Waals surface area contributed by atoms with Crippen molar-refractivity contribution in [3.63, 3.8) is 0 Å². The SMILES string of the molecule is C[C@@H]1CNCCN1CC(=O)NC1CC1. The molecule has 0 aromatic rings. The zero-order valence-corrected chi connectivity index (χ0v) is 8.75. The molecule has 1 saturated heterocycles. The van der Waals surface area contributed by atoms with E-state index in [9.17, 15) is 4.79 Å². The molecule has 0 radical (unpaired) electrons. The third-order valence-corrected chi connectivity index (χ3v) is 2.93. The van der Waals surface area contributed by atoms with Crippen LogP contribution in [0.5, 0.6) is 0 Å².